The van der Waals surface area contributed by atoms with Gasteiger partial charge in [0, 0.05) is 18.6 Å². The summed E-state index contributed by atoms with van der Waals surface area (Å²) in [7, 11) is -4.35. The van der Waals surface area contributed by atoms with Gasteiger partial charge in [-0.2, -0.15) is 0 Å². The Morgan fingerprint density at radius 3 is 2.60 bits per heavy atom. The largest absolute Gasteiger partial charge is 0.298 e. The maximum absolute atomic E-state index is 13.5. The molecular weight excluding hydrogens is 291 g/mol. The molecule has 1 unspecified atom stereocenters. The van der Waals surface area contributed by atoms with Gasteiger partial charge in [0.25, 0.3) is 5.69 Å². The van der Waals surface area contributed by atoms with Crippen molar-refractivity contribution in [3.05, 3.63) is 34.1 Å². The van der Waals surface area contributed by atoms with E-state index in [1.54, 1.807) is 6.92 Å². The molecule has 1 N–H and O–H groups in total. The number of nitrogens with zero attached hydrogens (tertiary/aromatic N) is 1. The molecule has 0 spiro atoms. The van der Waals surface area contributed by atoms with Crippen LogP contribution in [0.5, 0.6) is 0 Å². The Hall–Kier alpha value is -1.87. The Kier molecular flexibility index (Phi) is 4.90. The predicted molar refractivity (Wildman–Crippen MR) is 68.1 cm³/mol. The average molecular weight is 304 g/mol. The number of sulfonamides is 1. The van der Waals surface area contributed by atoms with E-state index in [0.29, 0.717) is 12.1 Å². The number of nitro benzene ring substituents is 1. The summed E-state index contributed by atoms with van der Waals surface area (Å²) in [6.07, 6.45) is 0.112. The summed E-state index contributed by atoms with van der Waals surface area (Å²) >= 11 is 0. The van der Waals surface area contributed by atoms with E-state index in [0.717, 1.165) is 6.07 Å². The van der Waals surface area contributed by atoms with Gasteiger partial charge in [-0.05, 0) is 13.0 Å². The van der Waals surface area contributed by atoms with Crippen LogP contribution < -0.4 is 4.72 Å². The summed E-state index contributed by atoms with van der Waals surface area (Å²) in [5.41, 5.74) is -0.554. The molecule has 0 radical (unpaired) electrons. The van der Waals surface area contributed by atoms with Gasteiger partial charge in [-0.1, -0.05) is 6.92 Å². The van der Waals surface area contributed by atoms with Crippen LogP contribution in [0, 0.1) is 15.9 Å². The molecule has 1 rings (SSSR count). The lowest BCUT2D eigenvalue weighted by Crippen LogP contribution is -2.38. The Balaban J connectivity index is 3.18. The molecule has 1 aromatic carbocycles. The number of rotatable bonds is 6. The molecule has 0 heterocycles. The highest BCUT2D eigenvalue weighted by Crippen LogP contribution is 2.21. The van der Waals surface area contributed by atoms with Crippen molar-refractivity contribution in [3.8, 4) is 0 Å². The molecule has 1 atom stereocenters. The fourth-order valence-electron chi connectivity index (χ4n) is 1.48. The normalized spacial score (nSPS) is 12.9. The fourth-order valence-corrected chi connectivity index (χ4v) is 2.80. The van der Waals surface area contributed by atoms with E-state index < -0.39 is 37.4 Å². The molecule has 0 aliphatic carbocycles. The van der Waals surface area contributed by atoms with Crippen LogP contribution in [0.1, 0.15) is 20.3 Å². The number of carbonyl (C=O) groups is 1. The number of nitro groups is 1. The second kappa shape index (κ2) is 6.06. The molecular formula is C11H13FN2O5S. The van der Waals surface area contributed by atoms with Crippen molar-refractivity contribution in [2.45, 2.75) is 31.2 Å². The number of hydrogen-bond acceptors (Lipinski definition) is 5. The van der Waals surface area contributed by atoms with Gasteiger partial charge in [-0.3, -0.25) is 14.9 Å². The van der Waals surface area contributed by atoms with E-state index in [-0.39, 0.29) is 12.2 Å². The Morgan fingerprint density at radius 1 is 1.50 bits per heavy atom. The summed E-state index contributed by atoms with van der Waals surface area (Å²) < 4.78 is 39.4. The molecule has 0 saturated carbocycles. The SMILES string of the molecule is CCC(=O)C(C)NS(=O)(=O)c1cc([N+](=O)[O-])ccc1F. The van der Waals surface area contributed by atoms with Crippen molar-refractivity contribution in [1.82, 2.24) is 4.72 Å². The van der Waals surface area contributed by atoms with Crippen LogP contribution in [-0.4, -0.2) is 25.2 Å². The smallest absolute Gasteiger partial charge is 0.270 e. The highest BCUT2D eigenvalue weighted by molar-refractivity contribution is 7.89. The monoisotopic (exact) mass is 304 g/mol. The van der Waals surface area contributed by atoms with Crippen LogP contribution in [0.15, 0.2) is 23.1 Å². The second-order valence-electron chi connectivity index (χ2n) is 4.03. The Labute approximate surface area is 115 Å². The van der Waals surface area contributed by atoms with E-state index in [1.165, 1.54) is 6.92 Å². The van der Waals surface area contributed by atoms with Crippen LogP contribution in [0.4, 0.5) is 10.1 Å². The Morgan fingerprint density at radius 2 is 2.10 bits per heavy atom. The zero-order chi connectivity index (χ0) is 15.5. The first-order valence-electron chi connectivity index (χ1n) is 5.68. The van der Waals surface area contributed by atoms with Gasteiger partial charge >= 0.3 is 0 Å². The molecule has 7 nitrogen and oxygen atoms in total. The third-order valence-corrected chi connectivity index (χ3v) is 4.13. The van der Waals surface area contributed by atoms with Crippen LogP contribution >= 0.6 is 0 Å². The van der Waals surface area contributed by atoms with Crippen molar-refractivity contribution in [2.24, 2.45) is 0 Å². The maximum Gasteiger partial charge on any atom is 0.270 e. The van der Waals surface area contributed by atoms with Gasteiger partial charge in [-0.25, -0.2) is 17.5 Å². The molecule has 0 bridgehead atoms. The maximum atomic E-state index is 13.5. The zero-order valence-corrected chi connectivity index (χ0v) is 11.6. The summed E-state index contributed by atoms with van der Waals surface area (Å²) in [4.78, 5) is 20.2. The molecule has 1 aromatic rings. The Bertz CT molecular complexity index is 644. The van der Waals surface area contributed by atoms with E-state index >= 15 is 0 Å². The number of non-ortho nitro benzene ring substituents is 1. The number of ketones is 1. The van der Waals surface area contributed by atoms with Crippen LogP contribution in [0.25, 0.3) is 0 Å². The average Bonchev–Trinajstić information content (AvgIpc) is 2.37. The van der Waals surface area contributed by atoms with Gasteiger partial charge in [0.15, 0.2) is 0 Å². The van der Waals surface area contributed by atoms with Crippen LogP contribution in [-0.2, 0) is 14.8 Å². The summed E-state index contributed by atoms with van der Waals surface area (Å²) in [5, 5.41) is 10.6. The van der Waals surface area contributed by atoms with Crippen LogP contribution in [0.3, 0.4) is 0 Å². The molecule has 0 aromatic heterocycles. The number of hydrogen-bond donors (Lipinski definition) is 1. The second-order valence-corrected chi connectivity index (χ2v) is 5.72. The first kappa shape index (κ1) is 16.2. The quantitative estimate of drug-likeness (QED) is 0.631. The van der Waals surface area contributed by atoms with Crippen molar-refractivity contribution in [2.75, 3.05) is 0 Å². The summed E-state index contributed by atoms with van der Waals surface area (Å²) in [6, 6.07) is 1.12. The van der Waals surface area contributed by atoms with Gasteiger partial charge in [0.2, 0.25) is 10.0 Å². The first-order chi connectivity index (χ1) is 9.19. The number of Topliss-reactive ketones (excluding diaryl/α,β-unsaturated/α-hetero) is 1. The molecule has 0 fully saturated rings. The summed E-state index contributed by atoms with van der Waals surface area (Å²) in [6.45, 7) is 2.87. The molecule has 9 heteroatoms. The molecule has 110 valence electrons. The van der Waals surface area contributed by atoms with Crippen molar-refractivity contribution >= 4 is 21.5 Å². The van der Waals surface area contributed by atoms with E-state index in [4.69, 9.17) is 0 Å². The molecule has 0 saturated heterocycles. The third kappa shape index (κ3) is 3.58. The highest BCUT2D eigenvalue weighted by atomic mass is 32.2. The molecule has 0 aliphatic rings. The minimum Gasteiger partial charge on any atom is -0.298 e. The van der Waals surface area contributed by atoms with Crippen molar-refractivity contribution < 1.29 is 22.5 Å². The molecule has 0 aliphatic heterocycles. The lowest BCUT2D eigenvalue weighted by molar-refractivity contribution is -0.385. The highest BCUT2D eigenvalue weighted by Gasteiger charge is 2.26. The minimum absolute atomic E-state index is 0.112. The predicted octanol–water partition coefficient (Wildman–Crippen LogP) is 1.38. The molecule has 0 amide bonds. The van der Waals surface area contributed by atoms with E-state index in [9.17, 15) is 27.7 Å². The summed E-state index contributed by atoms with van der Waals surface area (Å²) in [5.74, 6) is -1.50. The van der Waals surface area contributed by atoms with Crippen molar-refractivity contribution in [3.63, 3.8) is 0 Å². The minimum atomic E-state index is -4.35. The van der Waals surface area contributed by atoms with Crippen LogP contribution in [0.2, 0.25) is 0 Å². The molecule has 20 heavy (non-hydrogen) atoms. The van der Waals surface area contributed by atoms with E-state index in [2.05, 4.69) is 0 Å². The number of halogens is 1. The first-order valence-corrected chi connectivity index (χ1v) is 7.16. The fraction of sp³-hybridized carbons (Fsp3) is 0.364. The lowest BCUT2D eigenvalue weighted by Gasteiger charge is -2.12. The van der Waals surface area contributed by atoms with Gasteiger partial charge in [0.1, 0.15) is 16.5 Å². The van der Waals surface area contributed by atoms with E-state index in [1.807, 2.05) is 4.72 Å². The zero-order valence-electron chi connectivity index (χ0n) is 10.8. The van der Waals surface area contributed by atoms with Gasteiger partial charge < -0.3 is 0 Å². The standard InChI is InChI=1S/C11H13FN2O5S/c1-3-10(15)7(2)13-20(18,19)11-6-8(14(16)17)4-5-9(11)12/h4-7,13H,3H2,1-2H3. The number of nitrogens with one attached hydrogen (secondary N) is 1. The third-order valence-electron chi connectivity index (χ3n) is 2.58. The lowest BCUT2D eigenvalue weighted by atomic mass is 10.2. The topological polar surface area (TPSA) is 106 Å². The number of carbonyl (C=O) groups excluding carboxylic acids is 1. The van der Waals surface area contributed by atoms with Gasteiger partial charge in [-0.15, -0.1) is 0 Å². The van der Waals surface area contributed by atoms with Crippen molar-refractivity contribution in [1.29, 1.82) is 0 Å². The number of benzene rings is 1. The van der Waals surface area contributed by atoms with Gasteiger partial charge in [0.05, 0.1) is 11.0 Å².